The Hall–Kier alpha value is -1.46. The SMILES string of the molecule is COc1cccc(CC(N)c2snnc2C(C)(C)C)c1. The molecule has 2 N–H and O–H groups in total. The lowest BCUT2D eigenvalue weighted by atomic mass is 9.89. The van der Waals surface area contributed by atoms with E-state index in [0.29, 0.717) is 0 Å². The second-order valence-corrected chi connectivity index (χ2v) is 6.68. The van der Waals surface area contributed by atoms with E-state index in [9.17, 15) is 0 Å². The van der Waals surface area contributed by atoms with Crippen LogP contribution in [0.3, 0.4) is 0 Å². The number of hydrogen-bond acceptors (Lipinski definition) is 5. The van der Waals surface area contributed by atoms with Gasteiger partial charge in [-0.25, -0.2) is 0 Å². The number of aromatic nitrogens is 2. The second kappa shape index (κ2) is 5.89. The number of nitrogens with two attached hydrogens (primary N) is 1. The Morgan fingerprint density at radius 1 is 1.35 bits per heavy atom. The number of ether oxygens (including phenoxy) is 1. The van der Waals surface area contributed by atoms with Crippen LogP contribution in [0.25, 0.3) is 0 Å². The van der Waals surface area contributed by atoms with Crippen LogP contribution in [0.2, 0.25) is 0 Å². The Kier molecular flexibility index (Phi) is 4.40. The Labute approximate surface area is 124 Å². The lowest BCUT2D eigenvalue weighted by Crippen LogP contribution is -2.20. The average molecular weight is 291 g/mol. The fourth-order valence-electron chi connectivity index (χ4n) is 2.11. The summed E-state index contributed by atoms with van der Waals surface area (Å²) in [5.74, 6) is 0.855. The van der Waals surface area contributed by atoms with Crippen molar-refractivity contribution in [1.29, 1.82) is 0 Å². The van der Waals surface area contributed by atoms with Gasteiger partial charge < -0.3 is 10.5 Å². The fraction of sp³-hybridized carbons (Fsp3) is 0.467. The lowest BCUT2D eigenvalue weighted by Gasteiger charge is -2.19. The number of nitrogens with zero attached hydrogens (tertiary/aromatic N) is 2. The van der Waals surface area contributed by atoms with E-state index in [2.05, 4.69) is 36.4 Å². The van der Waals surface area contributed by atoms with E-state index in [-0.39, 0.29) is 11.5 Å². The molecule has 0 amide bonds. The molecule has 0 aliphatic carbocycles. The third-order valence-electron chi connectivity index (χ3n) is 3.15. The highest BCUT2D eigenvalue weighted by molar-refractivity contribution is 7.05. The Morgan fingerprint density at radius 2 is 2.10 bits per heavy atom. The van der Waals surface area contributed by atoms with Crippen molar-refractivity contribution < 1.29 is 4.74 Å². The molecular weight excluding hydrogens is 270 g/mol. The number of hydrogen-bond donors (Lipinski definition) is 1. The maximum atomic E-state index is 6.35. The van der Waals surface area contributed by atoms with Gasteiger partial charge in [0, 0.05) is 11.5 Å². The highest BCUT2D eigenvalue weighted by Crippen LogP contribution is 2.31. The molecule has 0 fully saturated rings. The molecule has 1 unspecified atom stereocenters. The summed E-state index contributed by atoms with van der Waals surface area (Å²) in [6, 6.07) is 7.91. The molecular formula is C15H21N3OS. The van der Waals surface area contributed by atoms with Crippen molar-refractivity contribution in [1.82, 2.24) is 9.59 Å². The van der Waals surface area contributed by atoms with E-state index in [1.54, 1.807) is 7.11 Å². The standard InChI is InChI=1S/C15H21N3OS/c1-15(2,3)14-13(20-18-17-14)12(16)9-10-6-5-7-11(8-10)19-4/h5-8,12H,9,16H2,1-4H3. The summed E-state index contributed by atoms with van der Waals surface area (Å²) in [6.45, 7) is 6.39. The predicted molar refractivity (Wildman–Crippen MR) is 82.2 cm³/mol. The van der Waals surface area contributed by atoms with Gasteiger partial charge in [-0.2, -0.15) is 0 Å². The first-order valence-corrected chi connectivity index (χ1v) is 7.40. The van der Waals surface area contributed by atoms with Crippen molar-refractivity contribution in [3.8, 4) is 5.75 Å². The van der Waals surface area contributed by atoms with Gasteiger partial charge in [0.05, 0.1) is 17.7 Å². The van der Waals surface area contributed by atoms with Crippen molar-refractivity contribution in [2.75, 3.05) is 7.11 Å². The normalized spacial score (nSPS) is 13.2. The summed E-state index contributed by atoms with van der Waals surface area (Å²) in [5.41, 5.74) is 8.47. The van der Waals surface area contributed by atoms with E-state index >= 15 is 0 Å². The van der Waals surface area contributed by atoms with Gasteiger partial charge in [0.2, 0.25) is 0 Å². The van der Waals surface area contributed by atoms with Crippen LogP contribution in [0.4, 0.5) is 0 Å². The molecule has 0 aliphatic heterocycles. The summed E-state index contributed by atoms with van der Waals surface area (Å²) in [4.78, 5) is 1.07. The number of methoxy groups -OCH3 is 1. The smallest absolute Gasteiger partial charge is 0.119 e. The highest BCUT2D eigenvalue weighted by Gasteiger charge is 2.25. The topological polar surface area (TPSA) is 61.0 Å². The first-order chi connectivity index (χ1) is 9.41. The van der Waals surface area contributed by atoms with E-state index in [0.717, 1.165) is 28.3 Å². The summed E-state index contributed by atoms with van der Waals surface area (Å²) in [7, 11) is 1.67. The van der Waals surface area contributed by atoms with Gasteiger partial charge in [0.25, 0.3) is 0 Å². The van der Waals surface area contributed by atoms with Crippen molar-refractivity contribution in [2.45, 2.75) is 38.6 Å². The zero-order valence-corrected chi connectivity index (χ0v) is 13.2. The molecule has 0 saturated heterocycles. The molecule has 1 aromatic carbocycles. The highest BCUT2D eigenvalue weighted by atomic mass is 32.1. The van der Waals surface area contributed by atoms with Crippen LogP contribution in [0.5, 0.6) is 5.75 Å². The van der Waals surface area contributed by atoms with Gasteiger partial charge in [0.1, 0.15) is 5.75 Å². The predicted octanol–water partition coefficient (Wildman–Crippen LogP) is 3.09. The van der Waals surface area contributed by atoms with Crippen LogP contribution in [0.1, 0.15) is 42.9 Å². The van der Waals surface area contributed by atoms with Gasteiger partial charge in [-0.1, -0.05) is 37.4 Å². The second-order valence-electron chi connectivity index (χ2n) is 5.90. The molecule has 1 atom stereocenters. The van der Waals surface area contributed by atoms with Crippen LogP contribution in [-0.4, -0.2) is 16.7 Å². The molecule has 2 rings (SSSR count). The third kappa shape index (κ3) is 3.35. The molecule has 0 radical (unpaired) electrons. The summed E-state index contributed by atoms with van der Waals surface area (Å²) in [5, 5.41) is 4.25. The van der Waals surface area contributed by atoms with Gasteiger partial charge in [-0.05, 0) is 35.6 Å². The van der Waals surface area contributed by atoms with Crippen LogP contribution < -0.4 is 10.5 Å². The third-order valence-corrected chi connectivity index (χ3v) is 4.01. The first-order valence-electron chi connectivity index (χ1n) is 6.63. The van der Waals surface area contributed by atoms with Crippen LogP contribution in [0, 0.1) is 0 Å². The summed E-state index contributed by atoms with van der Waals surface area (Å²) < 4.78 is 9.31. The summed E-state index contributed by atoms with van der Waals surface area (Å²) >= 11 is 1.40. The quantitative estimate of drug-likeness (QED) is 0.940. The Balaban J connectivity index is 2.20. The minimum absolute atomic E-state index is 0.0334. The zero-order valence-electron chi connectivity index (χ0n) is 12.4. The van der Waals surface area contributed by atoms with Crippen LogP contribution >= 0.6 is 11.5 Å². The van der Waals surface area contributed by atoms with Crippen LogP contribution in [-0.2, 0) is 11.8 Å². The van der Waals surface area contributed by atoms with E-state index in [4.69, 9.17) is 10.5 Å². The van der Waals surface area contributed by atoms with E-state index in [1.165, 1.54) is 11.5 Å². The molecule has 20 heavy (non-hydrogen) atoms. The minimum atomic E-state index is -0.0867. The van der Waals surface area contributed by atoms with E-state index in [1.807, 2.05) is 18.2 Å². The van der Waals surface area contributed by atoms with Crippen molar-refractivity contribution in [3.05, 3.63) is 40.4 Å². The average Bonchev–Trinajstić information content (AvgIpc) is 2.88. The van der Waals surface area contributed by atoms with Gasteiger partial charge in [-0.3, -0.25) is 0 Å². The Bertz CT molecular complexity index is 574. The van der Waals surface area contributed by atoms with Gasteiger partial charge >= 0.3 is 0 Å². The molecule has 4 nitrogen and oxygen atoms in total. The maximum absolute atomic E-state index is 6.35. The largest absolute Gasteiger partial charge is 0.497 e. The fourth-order valence-corrected chi connectivity index (χ4v) is 2.97. The monoisotopic (exact) mass is 291 g/mol. The maximum Gasteiger partial charge on any atom is 0.119 e. The molecule has 0 bridgehead atoms. The van der Waals surface area contributed by atoms with Gasteiger partial charge in [-0.15, -0.1) is 5.10 Å². The first kappa shape index (κ1) is 14.9. The van der Waals surface area contributed by atoms with Crippen molar-refractivity contribution >= 4 is 11.5 Å². The number of rotatable bonds is 4. The molecule has 0 spiro atoms. The number of benzene rings is 1. The molecule has 1 heterocycles. The van der Waals surface area contributed by atoms with Gasteiger partial charge in [0.15, 0.2) is 0 Å². The zero-order chi connectivity index (χ0) is 14.8. The summed E-state index contributed by atoms with van der Waals surface area (Å²) in [6.07, 6.45) is 0.754. The van der Waals surface area contributed by atoms with E-state index < -0.39 is 0 Å². The minimum Gasteiger partial charge on any atom is -0.497 e. The molecule has 0 saturated carbocycles. The molecule has 108 valence electrons. The lowest BCUT2D eigenvalue weighted by molar-refractivity contribution is 0.414. The molecule has 1 aromatic heterocycles. The van der Waals surface area contributed by atoms with Crippen LogP contribution in [0.15, 0.2) is 24.3 Å². The van der Waals surface area contributed by atoms with Crippen molar-refractivity contribution in [3.63, 3.8) is 0 Å². The molecule has 5 heteroatoms. The molecule has 2 aromatic rings. The van der Waals surface area contributed by atoms with Crippen molar-refractivity contribution in [2.24, 2.45) is 5.73 Å². The Morgan fingerprint density at radius 3 is 2.75 bits per heavy atom. The molecule has 0 aliphatic rings.